The van der Waals surface area contributed by atoms with E-state index >= 15 is 0 Å². The molecule has 1 heterocycles. The van der Waals surface area contributed by atoms with Crippen molar-refractivity contribution in [1.29, 1.82) is 0 Å². The minimum Gasteiger partial charge on any atom is -0.107 e. The lowest BCUT2D eigenvalue weighted by Gasteiger charge is -2.19. The lowest BCUT2D eigenvalue weighted by molar-refractivity contribution is 0.923. The first kappa shape index (κ1) is 7.53. The molecule has 48 valence electrons. The third-order valence-electron chi connectivity index (χ3n) is 0.980. The molecule has 0 spiro atoms. The molecule has 1 fully saturated rings. The first-order valence-corrected chi connectivity index (χ1v) is 7.87. The van der Waals surface area contributed by atoms with Gasteiger partial charge in [0.2, 0.25) is 0 Å². The summed E-state index contributed by atoms with van der Waals surface area (Å²) in [5.41, 5.74) is -0.225. The summed E-state index contributed by atoms with van der Waals surface area (Å²) in [7, 11) is 0. The van der Waals surface area contributed by atoms with E-state index in [4.69, 9.17) is 11.2 Å². The molecule has 4 heteroatoms. The molecule has 0 amide bonds. The van der Waals surface area contributed by atoms with Gasteiger partial charge in [0.15, 0.2) is 0 Å². The van der Waals surface area contributed by atoms with Crippen LogP contribution in [0, 0.1) is 0 Å². The summed E-state index contributed by atoms with van der Waals surface area (Å²) in [6.07, 6.45) is 1.33. The molecule has 0 radical (unpaired) electrons. The Balaban J connectivity index is 2.23. The second-order valence-electron chi connectivity index (χ2n) is 1.75. The van der Waals surface area contributed by atoms with Crippen LogP contribution in [0.25, 0.3) is 0 Å². The van der Waals surface area contributed by atoms with E-state index in [9.17, 15) is 0 Å². The zero-order chi connectivity index (χ0) is 5.98. The fourth-order valence-corrected chi connectivity index (χ4v) is 8.31. The van der Waals surface area contributed by atoms with Crippen molar-refractivity contribution < 1.29 is 0 Å². The van der Waals surface area contributed by atoms with E-state index in [0.717, 1.165) is 5.25 Å². The van der Waals surface area contributed by atoms with Crippen LogP contribution in [0.3, 0.4) is 0 Å². The van der Waals surface area contributed by atoms with Gasteiger partial charge in [0.1, 0.15) is 5.68 Å². The minimum absolute atomic E-state index is 0.225. The Bertz CT molecular complexity index is 72.4. The van der Waals surface area contributed by atoms with Crippen LogP contribution in [0.1, 0.15) is 13.3 Å². The molecule has 1 aliphatic heterocycles. The molecule has 0 nitrogen and oxygen atoms in total. The van der Waals surface area contributed by atoms with E-state index in [1.807, 2.05) is 22.8 Å². The maximum absolute atomic E-state index is 5.90. The number of hydrogen-bond donors (Lipinski definition) is 0. The normalized spacial score (nSPS) is 39.8. The molecule has 0 aromatic carbocycles. The summed E-state index contributed by atoms with van der Waals surface area (Å²) >= 11 is 9.75. The summed E-state index contributed by atoms with van der Waals surface area (Å²) in [6, 6.07) is 0. The number of halogens is 1. The Morgan fingerprint density at radius 1 is 1.75 bits per heavy atom. The predicted molar refractivity (Wildman–Crippen MR) is 46.9 cm³/mol. The average Bonchev–Trinajstić information content (AvgIpc) is 1.64. The fourth-order valence-electron chi connectivity index (χ4n) is 0.515. The minimum atomic E-state index is -0.225. The molecular formula is C4H8ClPS2. The third kappa shape index (κ3) is 2.34. The van der Waals surface area contributed by atoms with Crippen LogP contribution in [0.2, 0.25) is 0 Å². The molecule has 0 aliphatic carbocycles. The van der Waals surface area contributed by atoms with Crippen molar-refractivity contribution in [3.05, 3.63) is 0 Å². The Kier molecular flexibility index (Phi) is 3.34. The second kappa shape index (κ2) is 3.55. The molecule has 1 saturated heterocycles. The van der Waals surface area contributed by atoms with E-state index in [0.29, 0.717) is 0 Å². The van der Waals surface area contributed by atoms with E-state index in [1.165, 1.54) is 12.2 Å². The van der Waals surface area contributed by atoms with Crippen molar-refractivity contribution >= 4 is 39.7 Å². The molecule has 0 bridgehead atoms. The van der Waals surface area contributed by atoms with E-state index in [2.05, 4.69) is 6.92 Å². The maximum atomic E-state index is 5.90. The zero-order valence-corrected chi connectivity index (χ0v) is 7.92. The molecule has 0 unspecified atom stereocenters. The first-order valence-electron chi connectivity index (χ1n) is 2.54. The van der Waals surface area contributed by atoms with E-state index in [1.54, 1.807) is 0 Å². The van der Waals surface area contributed by atoms with Gasteiger partial charge in [-0.25, -0.2) is 0 Å². The molecule has 1 aliphatic rings. The Labute approximate surface area is 64.2 Å². The summed E-state index contributed by atoms with van der Waals surface area (Å²) in [5.74, 6) is 1.27. The van der Waals surface area contributed by atoms with Crippen molar-refractivity contribution in [2.24, 2.45) is 0 Å². The molecule has 8 heavy (non-hydrogen) atoms. The highest BCUT2D eigenvalue weighted by molar-refractivity contribution is 8.94. The summed E-state index contributed by atoms with van der Waals surface area (Å²) < 4.78 is 0. The molecule has 1 rings (SSSR count). The van der Waals surface area contributed by atoms with Gasteiger partial charge in [-0.15, -0.1) is 22.8 Å². The SMILES string of the molecule is C[C@H]1CCS[P@](Cl)S1. The molecule has 2 atom stereocenters. The van der Waals surface area contributed by atoms with Gasteiger partial charge < -0.3 is 0 Å². The molecule has 0 N–H and O–H groups in total. The summed E-state index contributed by atoms with van der Waals surface area (Å²) in [5, 5.41) is 0.805. The second-order valence-corrected chi connectivity index (χ2v) is 10.4. The lowest BCUT2D eigenvalue weighted by atomic mass is 10.4. The molecular weight excluding hydrogens is 179 g/mol. The van der Waals surface area contributed by atoms with Crippen molar-refractivity contribution in [1.82, 2.24) is 0 Å². The highest BCUT2D eigenvalue weighted by Crippen LogP contribution is 2.69. The van der Waals surface area contributed by atoms with Crippen LogP contribution in [-0.2, 0) is 0 Å². The van der Waals surface area contributed by atoms with Crippen molar-refractivity contribution in [2.75, 3.05) is 5.75 Å². The van der Waals surface area contributed by atoms with Crippen LogP contribution in [-0.4, -0.2) is 11.0 Å². The van der Waals surface area contributed by atoms with Gasteiger partial charge in [0.05, 0.1) is 0 Å². The molecule has 0 saturated carbocycles. The largest absolute Gasteiger partial charge is 0.110 e. The fraction of sp³-hybridized carbons (Fsp3) is 1.00. The van der Waals surface area contributed by atoms with Crippen LogP contribution < -0.4 is 0 Å². The van der Waals surface area contributed by atoms with E-state index < -0.39 is 0 Å². The predicted octanol–water partition coefficient (Wildman–Crippen LogP) is 3.71. The smallest absolute Gasteiger partial charge is 0.107 e. The van der Waals surface area contributed by atoms with Gasteiger partial charge in [0.25, 0.3) is 0 Å². The molecule has 0 aromatic rings. The van der Waals surface area contributed by atoms with Gasteiger partial charge in [-0.1, -0.05) is 18.2 Å². The summed E-state index contributed by atoms with van der Waals surface area (Å²) in [6.45, 7) is 2.25. The van der Waals surface area contributed by atoms with Crippen molar-refractivity contribution in [3.8, 4) is 0 Å². The van der Waals surface area contributed by atoms with Crippen molar-refractivity contribution in [3.63, 3.8) is 0 Å². The highest BCUT2D eigenvalue weighted by Gasteiger charge is 2.16. The summed E-state index contributed by atoms with van der Waals surface area (Å²) in [4.78, 5) is 0. The van der Waals surface area contributed by atoms with Crippen LogP contribution >= 0.6 is 39.7 Å². The van der Waals surface area contributed by atoms with Crippen LogP contribution in [0.4, 0.5) is 0 Å². The van der Waals surface area contributed by atoms with Gasteiger partial charge in [0, 0.05) is 11.0 Å². The van der Waals surface area contributed by atoms with Crippen LogP contribution in [0.15, 0.2) is 0 Å². The Morgan fingerprint density at radius 3 is 2.88 bits per heavy atom. The number of hydrogen-bond acceptors (Lipinski definition) is 2. The van der Waals surface area contributed by atoms with Crippen LogP contribution in [0.5, 0.6) is 0 Å². The van der Waals surface area contributed by atoms with E-state index in [-0.39, 0.29) is 5.68 Å². The number of rotatable bonds is 0. The average molecular weight is 187 g/mol. The van der Waals surface area contributed by atoms with Crippen molar-refractivity contribution in [2.45, 2.75) is 18.6 Å². The van der Waals surface area contributed by atoms with Gasteiger partial charge in [-0.3, -0.25) is 0 Å². The first-order chi connectivity index (χ1) is 3.79. The zero-order valence-electron chi connectivity index (χ0n) is 4.63. The van der Waals surface area contributed by atoms with Gasteiger partial charge in [-0.05, 0) is 6.42 Å². The Hall–Kier alpha value is 1.42. The third-order valence-corrected chi connectivity index (χ3v) is 8.41. The lowest BCUT2D eigenvalue weighted by Crippen LogP contribution is -1.98. The Morgan fingerprint density at radius 2 is 2.50 bits per heavy atom. The quantitative estimate of drug-likeness (QED) is 0.529. The topological polar surface area (TPSA) is 0 Å². The maximum Gasteiger partial charge on any atom is 0.110 e. The molecule has 0 aromatic heterocycles. The monoisotopic (exact) mass is 186 g/mol. The van der Waals surface area contributed by atoms with Gasteiger partial charge in [-0.2, -0.15) is 0 Å². The highest BCUT2D eigenvalue weighted by atomic mass is 35.7. The van der Waals surface area contributed by atoms with Gasteiger partial charge >= 0.3 is 0 Å². The standard InChI is InChI=1S/C4H8ClPS2/c1-4-2-3-7-6(5)8-4/h4H,2-3H2,1H3/t4-,6-/m0/s1.